The molecule has 1 atom stereocenters. The monoisotopic (exact) mass is 170 g/mol. The highest BCUT2D eigenvalue weighted by Crippen LogP contribution is 2.09. The van der Waals surface area contributed by atoms with Gasteiger partial charge in [-0.05, 0) is 45.8 Å². The van der Waals surface area contributed by atoms with Crippen molar-refractivity contribution in [3.05, 3.63) is 0 Å². The second-order valence-electron chi connectivity index (χ2n) is 4.02. The van der Waals surface area contributed by atoms with E-state index in [1.165, 1.54) is 45.3 Å². The fourth-order valence-corrected chi connectivity index (χ4v) is 1.75. The van der Waals surface area contributed by atoms with E-state index in [0.717, 1.165) is 6.42 Å². The largest absolute Gasteiger partial charge is 0.328 e. The molecule has 0 aromatic heterocycles. The van der Waals surface area contributed by atoms with E-state index in [4.69, 9.17) is 5.73 Å². The van der Waals surface area contributed by atoms with Crippen molar-refractivity contribution in [1.29, 1.82) is 0 Å². The van der Waals surface area contributed by atoms with Gasteiger partial charge >= 0.3 is 0 Å². The summed E-state index contributed by atoms with van der Waals surface area (Å²) in [7, 11) is 0. The first-order chi connectivity index (χ1) is 5.79. The van der Waals surface area contributed by atoms with E-state index >= 15 is 0 Å². The first-order valence-electron chi connectivity index (χ1n) is 5.27. The number of likely N-dealkylation sites (tertiary alicyclic amines) is 1. The van der Waals surface area contributed by atoms with Crippen molar-refractivity contribution in [3.63, 3.8) is 0 Å². The molecule has 0 bridgehead atoms. The molecule has 1 fully saturated rings. The van der Waals surface area contributed by atoms with Crippen molar-refractivity contribution in [2.24, 2.45) is 5.73 Å². The van der Waals surface area contributed by atoms with Crippen LogP contribution in [0.1, 0.15) is 39.0 Å². The van der Waals surface area contributed by atoms with Crippen molar-refractivity contribution in [1.82, 2.24) is 4.90 Å². The summed E-state index contributed by atoms with van der Waals surface area (Å²) >= 11 is 0. The van der Waals surface area contributed by atoms with Crippen LogP contribution in [0.5, 0.6) is 0 Å². The van der Waals surface area contributed by atoms with Gasteiger partial charge < -0.3 is 10.6 Å². The van der Waals surface area contributed by atoms with Crippen LogP contribution >= 0.6 is 0 Å². The van der Waals surface area contributed by atoms with E-state index in [-0.39, 0.29) is 0 Å². The topological polar surface area (TPSA) is 29.3 Å². The van der Waals surface area contributed by atoms with Crippen LogP contribution in [0.25, 0.3) is 0 Å². The maximum absolute atomic E-state index is 5.72. The molecule has 1 saturated heterocycles. The molecule has 1 aliphatic rings. The van der Waals surface area contributed by atoms with Gasteiger partial charge in [0.05, 0.1) is 0 Å². The fraction of sp³-hybridized carbons (Fsp3) is 1.00. The van der Waals surface area contributed by atoms with Crippen molar-refractivity contribution in [2.75, 3.05) is 19.6 Å². The Morgan fingerprint density at radius 2 is 1.75 bits per heavy atom. The molecule has 12 heavy (non-hydrogen) atoms. The summed E-state index contributed by atoms with van der Waals surface area (Å²) in [4.78, 5) is 2.57. The minimum absolute atomic E-state index is 0.369. The minimum Gasteiger partial charge on any atom is -0.328 e. The first-order valence-corrected chi connectivity index (χ1v) is 5.27. The molecule has 0 spiro atoms. The maximum atomic E-state index is 5.72. The predicted molar refractivity (Wildman–Crippen MR) is 53.2 cm³/mol. The minimum atomic E-state index is 0.369. The van der Waals surface area contributed by atoms with E-state index in [1.54, 1.807) is 0 Å². The Morgan fingerprint density at radius 1 is 1.17 bits per heavy atom. The summed E-state index contributed by atoms with van der Waals surface area (Å²) in [6, 6.07) is 0.369. The molecular formula is C10H22N2. The van der Waals surface area contributed by atoms with Crippen molar-refractivity contribution < 1.29 is 0 Å². The third-order valence-corrected chi connectivity index (χ3v) is 2.60. The summed E-state index contributed by atoms with van der Waals surface area (Å²) in [5, 5.41) is 0. The van der Waals surface area contributed by atoms with Gasteiger partial charge in [-0.2, -0.15) is 0 Å². The van der Waals surface area contributed by atoms with Gasteiger partial charge in [-0.15, -0.1) is 0 Å². The second kappa shape index (κ2) is 5.55. The van der Waals surface area contributed by atoms with E-state index < -0.39 is 0 Å². The zero-order valence-corrected chi connectivity index (χ0v) is 8.26. The zero-order valence-electron chi connectivity index (χ0n) is 8.26. The second-order valence-corrected chi connectivity index (χ2v) is 4.02. The molecular weight excluding hydrogens is 148 g/mol. The average Bonchev–Trinajstić information content (AvgIpc) is 2.28. The SMILES string of the molecule is C[C@@H](N)CCN1CCCCCC1. The molecule has 0 aromatic carbocycles. The van der Waals surface area contributed by atoms with Crippen LogP contribution in [0.4, 0.5) is 0 Å². The van der Waals surface area contributed by atoms with Gasteiger partial charge in [-0.25, -0.2) is 0 Å². The summed E-state index contributed by atoms with van der Waals surface area (Å²) in [5.41, 5.74) is 5.72. The van der Waals surface area contributed by atoms with Gasteiger partial charge in [-0.1, -0.05) is 12.8 Å². The van der Waals surface area contributed by atoms with E-state index in [1.807, 2.05) is 0 Å². The molecule has 1 heterocycles. The van der Waals surface area contributed by atoms with Crippen molar-refractivity contribution in [2.45, 2.75) is 45.1 Å². The molecule has 2 nitrogen and oxygen atoms in total. The van der Waals surface area contributed by atoms with Gasteiger partial charge in [-0.3, -0.25) is 0 Å². The van der Waals surface area contributed by atoms with Crippen molar-refractivity contribution in [3.8, 4) is 0 Å². The van der Waals surface area contributed by atoms with Gasteiger partial charge in [0.1, 0.15) is 0 Å². The lowest BCUT2D eigenvalue weighted by Gasteiger charge is -2.20. The number of nitrogens with two attached hydrogens (primary N) is 1. The molecule has 0 aromatic rings. The number of nitrogens with zero attached hydrogens (tertiary/aromatic N) is 1. The predicted octanol–water partition coefficient (Wildman–Crippen LogP) is 1.60. The van der Waals surface area contributed by atoms with Gasteiger partial charge in [0, 0.05) is 6.04 Å². The van der Waals surface area contributed by atoms with Crippen LogP contribution in [0.2, 0.25) is 0 Å². The molecule has 0 aliphatic carbocycles. The lowest BCUT2D eigenvalue weighted by molar-refractivity contribution is 0.275. The summed E-state index contributed by atoms with van der Waals surface area (Å²) < 4.78 is 0. The molecule has 1 rings (SSSR count). The number of hydrogen-bond donors (Lipinski definition) is 1. The van der Waals surface area contributed by atoms with Crippen LogP contribution in [0.15, 0.2) is 0 Å². The van der Waals surface area contributed by atoms with Crippen molar-refractivity contribution >= 4 is 0 Å². The van der Waals surface area contributed by atoms with Gasteiger partial charge in [0.25, 0.3) is 0 Å². The summed E-state index contributed by atoms with van der Waals surface area (Å²) in [5.74, 6) is 0. The maximum Gasteiger partial charge on any atom is 0.00226 e. The highest BCUT2D eigenvalue weighted by molar-refractivity contribution is 4.65. The van der Waals surface area contributed by atoms with Crippen LogP contribution in [0.3, 0.4) is 0 Å². The Kier molecular flexibility index (Phi) is 4.62. The Balaban J connectivity index is 2.12. The van der Waals surface area contributed by atoms with Crippen LogP contribution in [0, 0.1) is 0 Å². The molecule has 2 N–H and O–H groups in total. The van der Waals surface area contributed by atoms with E-state index in [2.05, 4.69) is 11.8 Å². The average molecular weight is 170 g/mol. The fourth-order valence-electron chi connectivity index (χ4n) is 1.75. The Hall–Kier alpha value is -0.0800. The number of hydrogen-bond acceptors (Lipinski definition) is 2. The molecule has 0 radical (unpaired) electrons. The standard InChI is InChI=1S/C10H22N2/c1-10(11)6-9-12-7-4-2-3-5-8-12/h10H,2-9,11H2,1H3/t10-/m1/s1. The zero-order chi connectivity index (χ0) is 8.81. The third kappa shape index (κ3) is 4.07. The highest BCUT2D eigenvalue weighted by atomic mass is 15.1. The normalized spacial score (nSPS) is 23.5. The molecule has 0 saturated carbocycles. The Morgan fingerprint density at radius 3 is 2.25 bits per heavy atom. The van der Waals surface area contributed by atoms with E-state index in [0.29, 0.717) is 6.04 Å². The molecule has 0 unspecified atom stereocenters. The van der Waals surface area contributed by atoms with E-state index in [9.17, 15) is 0 Å². The highest BCUT2D eigenvalue weighted by Gasteiger charge is 2.08. The van der Waals surface area contributed by atoms with Crippen LogP contribution in [-0.2, 0) is 0 Å². The quantitative estimate of drug-likeness (QED) is 0.697. The first kappa shape index (κ1) is 10.0. The molecule has 1 aliphatic heterocycles. The Bertz CT molecular complexity index is 104. The summed E-state index contributed by atoms with van der Waals surface area (Å²) in [6.45, 7) is 5.90. The van der Waals surface area contributed by atoms with Crippen LogP contribution < -0.4 is 5.73 Å². The van der Waals surface area contributed by atoms with Crippen LogP contribution in [-0.4, -0.2) is 30.6 Å². The lowest BCUT2D eigenvalue weighted by atomic mass is 10.2. The lowest BCUT2D eigenvalue weighted by Crippen LogP contribution is -2.29. The summed E-state index contributed by atoms with van der Waals surface area (Å²) in [6.07, 6.45) is 6.78. The number of rotatable bonds is 3. The van der Waals surface area contributed by atoms with Gasteiger partial charge in [0.2, 0.25) is 0 Å². The third-order valence-electron chi connectivity index (χ3n) is 2.60. The molecule has 2 heteroatoms. The van der Waals surface area contributed by atoms with Gasteiger partial charge in [0.15, 0.2) is 0 Å². The smallest absolute Gasteiger partial charge is 0.00226 e. The molecule has 72 valence electrons. The Labute approximate surface area is 76.1 Å². The molecule has 0 amide bonds.